The number of halogens is 1. The zero-order valence-electron chi connectivity index (χ0n) is 16.1. The van der Waals surface area contributed by atoms with Gasteiger partial charge in [-0.3, -0.25) is 9.59 Å². The summed E-state index contributed by atoms with van der Waals surface area (Å²) in [5, 5.41) is 3.02. The predicted molar refractivity (Wildman–Crippen MR) is 103 cm³/mol. The summed E-state index contributed by atoms with van der Waals surface area (Å²) in [5.41, 5.74) is 0.368. The molecule has 0 saturated carbocycles. The Morgan fingerprint density at radius 1 is 1.15 bits per heavy atom. The first-order valence-corrected chi connectivity index (χ1v) is 9.51. The summed E-state index contributed by atoms with van der Waals surface area (Å²) in [6.07, 6.45) is 1.90. The second-order valence-electron chi connectivity index (χ2n) is 5.69. The molecule has 0 saturated heterocycles. The average molecular weight is 385 g/mol. The van der Waals surface area contributed by atoms with E-state index in [-0.39, 0.29) is 18.4 Å². The van der Waals surface area contributed by atoms with Crippen LogP contribution in [-0.2, 0) is 4.79 Å². The van der Waals surface area contributed by atoms with Crippen LogP contribution in [0.15, 0.2) is 12.1 Å². The van der Waals surface area contributed by atoms with Crippen molar-refractivity contribution in [3.05, 3.63) is 22.7 Å². The van der Waals surface area contributed by atoms with Crippen LogP contribution in [0.25, 0.3) is 0 Å². The SMILES string of the molecule is CCCCOc1c(Cl)cc(C(=O)N(CC)CC(=O)NCC)cc1OCC. The Hall–Kier alpha value is -1.95. The van der Waals surface area contributed by atoms with Crippen molar-refractivity contribution in [3.63, 3.8) is 0 Å². The molecule has 2 amide bonds. The number of ether oxygens (including phenoxy) is 2. The number of benzene rings is 1. The Kier molecular flexibility index (Phi) is 9.88. The number of amides is 2. The summed E-state index contributed by atoms with van der Waals surface area (Å²) in [5.74, 6) is 0.416. The van der Waals surface area contributed by atoms with Gasteiger partial charge in [-0.25, -0.2) is 0 Å². The van der Waals surface area contributed by atoms with Crippen molar-refractivity contribution in [2.24, 2.45) is 0 Å². The second kappa shape index (κ2) is 11.6. The van der Waals surface area contributed by atoms with Gasteiger partial charge < -0.3 is 19.7 Å². The Bertz CT molecular complexity index is 607. The minimum Gasteiger partial charge on any atom is -0.490 e. The molecule has 0 bridgehead atoms. The molecule has 146 valence electrons. The molecule has 1 N–H and O–H groups in total. The van der Waals surface area contributed by atoms with Crippen LogP contribution in [0.1, 0.15) is 50.9 Å². The van der Waals surface area contributed by atoms with Gasteiger partial charge in [-0.2, -0.15) is 0 Å². The molecule has 1 aromatic carbocycles. The minimum absolute atomic E-state index is 0.000484. The maximum atomic E-state index is 12.8. The monoisotopic (exact) mass is 384 g/mol. The molecule has 6 nitrogen and oxygen atoms in total. The number of nitrogens with zero attached hydrogens (tertiary/aromatic N) is 1. The third-order valence-electron chi connectivity index (χ3n) is 3.68. The molecular weight excluding hydrogens is 356 g/mol. The van der Waals surface area contributed by atoms with Crippen molar-refractivity contribution in [2.75, 3.05) is 32.8 Å². The Morgan fingerprint density at radius 2 is 1.88 bits per heavy atom. The zero-order valence-corrected chi connectivity index (χ0v) is 16.8. The van der Waals surface area contributed by atoms with Gasteiger partial charge in [0.1, 0.15) is 0 Å². The van der Waals surface area contributed by atoms with E-state index in [0.29, 0.717) is 48.4 Å². The van der Waals surface area contributed by atoms with E-state index in [1.54, 1.807) is 12.1 Å². The van der Waals surface area contributed by atoms with Crippen LogP contribution in [-0.4, -0.2) is 49.6 Å². The van der Waals surface area contributed by atoms with Crippen LogP contribution < -0.4 is 14.8 Å². The normalized spacial score (nSPS) is 10.3. The molecule has 1 rings (SSSR count). The lowest BCUT2D eigenvalue weighted by molar-refractivity contribution is -0.121. The first-order valence-electron chi connectivity index (χ1n) is 9.13. The van der Waals surface area contributed by atoms with E-state index >= 15 is 0 Å². The molecule has 0 atom stereocenters. The van der Waals surface area contributed by atoms with Crippen molar-refractivity contribution in [3.8, 4) is 11.5 Å². The Labute approximate surface area is 160 Å². The van der Waals surface area contributed by atoms with Crippen LogP contribution in [0.3, 0.4) is 0 Å². The van der Waals surface area contributed by atoms with Gasteiger partial charge >= 0.3 is 0 Å². The van der Waals surface area contributed by atoms with Gasteiger partial charge in [0.05, 0.1) is 24.8 Å². The maximum absolute atomic E-state index is 12.8. The second-order valence-corrected chi connectivity index (χ2v) is 6.10. The number of unbranched alkanes of at least 4 members (excludes halogenated alkanes) is 1. The molecule has 0 aromatic heterocycles. The summed E-state index contributed by atoms with van der Waals surface area (Å²) in [4.78, 5) is 26.1. The van der Waals surface area contributed by atoms with Crippen LogP contribution in [0.2, 0.25) is 5.02 Å². The third kappa shape index (κ3) is 6.41. The number of hydrogen-bond acceptors (Lipinski definition) is 4. The molecule has 7 heteroatoms. The number of hydrogen-bond donors (Lipinski definition) is 1. The van der Waals surface area contributed by atoms with Gasteiger partial charge in [0.15, 0.2) is 11.5 Å². The van der Waals surface area contributed by atoms with Crippen LogP contribution in [0, 0.1) is 0 Å². The zero-order chi connectivity index (χ0) is 19.5. The highest BCUT2D eigenvalue weighted by molar-refractivity contribution is 6.32. The first kappa shape index (κ1) is 22.1. The van der Waals surface area contributed by atoms with Crippen molar-refractivity contribution in [1.82, 2.24) is 10.2 Å². The highest BCUT2D eigenvalue weighted by Crippen LogP contribution is 2.37. The van der Waals surface area contributed by atoms with E-state index in [9.17, 15) is 9.59 Å². The number of carbonyl (C=O) groups is 2. The molecule has 0 spiro atoms. The molecule has 0 aliphatic heterocycles. The van der Waals surface area contributed by atoms with Crippen LogP contribution in [0.4, 0.5) is 0 Å². The van der Waals surface area contributed by atoms with Crippen molar-refractivity contribution in [1.29, 1.82) is 0 Å². The molecular formula is C19H29ClN2O4. The van der Waals surface area contributed by atoms with Gasteiger partial charge in [0.25, 0.3) is 5.91 Å². The fourth-order valence-electron chi connectivity index (χ4n) is 2.35. The predicted octanol–water partition coefficient (Wildman–Crippen LogP) is 3.52. The minimum atomic E-state index is -0.276. The Balaban J connectivity index is 3.06. The number of carbonyl (C=O) groups excluding carboxylic acids is 2. The lowest BCUT2D eigenvalue weighted by Crippen LogP contribution is -2.40. The summed E-state index contributed by atoms with van der Waals surface area (Å²) >= 11 is 6.34. The Morgan fingerprint density at radius 3 is 2.46 bits per heavy atom. The molecule has 26 heavy (non-hydrogen) atoms. The van der Waals surface area contributed by atoms with Gasteiger partial charge in [-0.1, -0.05) is 24.9 Å². The lowest BCUT2D eigenvalue weighted by atomic mass is 10.1. The highest BCUT2D eigenvalue weighted by Gasteiger charge is 2.21. The smallest absolute Gasteiger partial charge is 0.254 e. The lowest BCUT2D eigenvalue weighted by Gasteiger charge is -2.21. The van der Waals surface area contributed by atoms with E-state index < -0.39 is 0 Å². The molecule has 0 fully saturated rings. The fraction of sp³-hybridized carbons (Fsp3) is 0.579. The number of rotatable bonds is 11. The molecule has 0 unspecified atom stereocenters. The van der Waals surface area contributed by atoms with E-state index in [0.717, 1.165) is 12.8 Å². The summed E-state index contributed by atoms with van der Waals surface area (Å²) in [6, 6.07) is 3.19. The summed E-state index contributed by atoms with van der Waals surface area (Å²) in [7, 11) is 0. The van der Waals surface area contributed by atoms with Gasteiger partial charge in [0, 0.05) is 18.7 Å². The molecule has 1 aromatic rings. The highest BCUT2D eigenvalue weighted by atomic mass is 35.5. The van der Waals surface area contributed by atoms with Crippen LogP contribution in [0.5, 0.6) is 11.5 Å². The average Bonchev–Trinajstić information content (AvgIpc) is 2.61. The number of nitrogens with one attached hydrogen (secondary N) is 1. The number of likely N-dealkylation sites (N-methyl/N-ethyl adjacent to an activating group) is 2. The quantitative estimate of drug-likeness (QED) is 0.593. The van der Waals surface area contributed by atoms with Gasteiger partial charge in [-0.15, -0.1) is 0 Å². The summed E-state index contributed by atoms with van der Waals surface area (Å²) < 4.78 is 11.3. The standard InChI is InChI=1S/C19H29ClN2O4/c1-5-9-10-26-18-15(20)11-14(12-16(18)25-8-4)19(24)22(7-3)13-17(23)21-6-2/h11-12H,5-10,13H2,1-4H3,(H,21,23). The van der Waals surface area contributed by atoms with Crippen molar-refractivity contribution in [2.45, 2.75) is 40.5 Å². The van der Waals surface area contributed by atoms with E-state index in [1.807, 2.05) is 20.8 Å². The van der Waals surface area contributed by atoms with E-state index in [4.69, 9.17) is 21.1 Å². The largest absolute Gasteiger partial charge is 0.490 e. The fourth-order valence-corrected chi connectivity index (χ4v) is 2.61. The first-order chi connectivity index (χ1) is 12.5. The molecule has 0 aliphatic carbocycles. The van der Waals surface area contributed by atoms with E-state index in [2.05, 4.69) is 12.2 Å². The van der Waals surface area contributed by atoms with Gasteiger partial charge in [-0.05, 0) is 39.3 Å². The van der Waals surface area contributed by atoms with Gasteiger partial charge in [0.2, 0.25) is 5.91 Å². The van der Waals surface area contributed by atoms with Crippen LogP contribution >= 0.6 is 11.6 Å². The molecule has 0 aliphatic rings. The molecule has 0 heterocycles. The van der Waals surface area contributed by atoms with Crippen molar-refractivity contribution >= 4 is 23.4 Å². The van der Waals surface area contributed by atoms with E-state index in [1.165, 1.54) is 4.90 Å². The third-order valence-corrected chi connectivity index (χ3v) is 3.96. The molecule has 0 radical (unpaired) electrons. The summed E-state index contributed by atoms with van der Waals surface area (Å²) in [6.45, 7) is 9.47. The van der Waals surface area contributed by atoms with Crippen molar-refractivity contribution < 1.29 is 19.1 Å². The topological polar surface area (TPSA) is 67.9 Å². The maximum Gasteiger partial charge on any atom is 0.254 e.